The van der Waals surface area contributed by atoms with Crippen molar-refractivity contribution in [2.75, 3.05) is 26.2 Å². The number of rotatable bonds is 6. The lowest BCUT2D eigenvalue weighted by Crippen LogP contribution is -2.38. The second-order valence-electron chi connectivity index (χ2n) is 5.41. The Hall–Kier alpha value is -1.38. The Bertz CT molecular complexity index is 532. The lowest BCUT2D eigenvalue weighted by Gasteiger charge is -2.30. The average molecular weight is 254 g/mol. The highest BCUT2D eigenvalue weighted by atomic mass is 15.2. The summed E-state index contributed by atoms with van der Waals surface area (Å²) in [6.45, 7) is 5.97. The van der Waals surface area contributed by atoms with Gasteiger partial charge in [-0.25, -0.2) is 0 Å². The maximum atomic E-state index is 3.54. The standard InChI is InChI=1S/C17H22N2/c1-2-6-17-13-15(7-8-16(17)5-1)14-18-9-3-10-19-11-4-12-19/h1-2,5-8,13,18H,3-4,9-12,14H2. The second-order valence-corrected chi connectivity index (χ2v) is 5.41. The predicted octanol–water partition coefficient (Wildman–Crippen LogP) is 3.03. The molecule has 0 aromatic heterocycles. The van der Waals surface area contributed by atoms with Gasteiger partial charge in [-0.05, 0) is 61.4 Å². The van der Waals surface area contributed by atoms with E-state index in [1.165, 1.54) is 48.8 Å². The summed E-state index contributed by atoms with van der Waals surface area (Å²) in [5, 5.41) is 6.20. The van der Waals surface area contributed by atoms with Gasteiger partial charge < -0.3 is 10.2 Å². The molecule has 0 amide bonds. The second kappa shape index (κ2) is 6.18. The smallest absolute Gasteiger partial charge is 0.0205 e. The predicted molar refractivity (Wildman–Crippen MR) is 81.3 cm³/mol. The molecule has 0 saturated carbocycles. The van der Waals surface area contributed by atoms with Crippen LogP contribution in [-0.2, 0) is 6.54 Å². The minimum atomic E-state index is 0.977. The molecule has 2 aromatic rings. The third-order valence-corrected chi connectivity index (χ3v) is 3.92. The van der Waals surface area contributed by atoms with E-state index in [1.807, 2.05) is 0 Å². The molecule has 1 saturated heterocycles. The van der Waals surface area contributed by atoms with Crippen molar-refractivity contribution in [2.24, 2.45) is 0 Å². The monoisotopic (exact) mass is 254 g/mol. The number of likely N-dealkylation sites (tertiary alicyclic amines) is 1. The normalized spacial score (nSPS) is 15.6. The van der Waals surface area contributed by atoms with E-state index in [0.29, 0.717) is 0 Å². The highest BCUT2D eigenvalue weighted by molar-refractivity contribution is 5.82. The largest absolute Gasteiger partial charge is 0.313 e. The Morgan fingerprint density at radius 1 is 1.00 bits per heavy atom. The van der Waals surface area contributed by atoms with Crippen LogP contribution >= 0.6 is 0 Å². The molecule has 3 rings (SSSR count). The Morgan fingerprint density at radius 3 is 2.63 bits per heavy atom. The zero-order valence-corrected chi connectivity index (χ0v) is 11.4. The fourth-order valence-corrected chi connectivity index (χ4v) is 2.61. The average Bonchev–Trinajstić information content (AvgIpc) is 2.40. The molecule has 1 fully saturated rings. The molecule has 1 N–H and O–H groups in total. The molecule has 2 heteroatoms. The van der Waals surface area contributed by atoms with E-state index < -0.39 is 0 Å². The fourth-order valence-electron chi connectivity index (χ4n) is 2.61. The molecule has 0 radical (unpaired) electrons. The van der Waals surface area contributed by atoms with E-state index >= 15 is 0 Å². The van der Waals surface area contributed by atoms with E-state index in [1.54, 1.807) is 0 Å². The highest BCUT2D eigenvalue weighted by Gasteiger charge is 2.11. The van der Waals surface area contributed by atoms with Crippen LogP contribution in [0.1, 0.15) is 18.4 Å². The van der Waals surface area contributed by atoms with Gasteiger partial charge in [0.1, 0.15) is 0 Å². The molecule has 0 bridgehead atoms. The number of nitrogens with zero attached hydrogens (tertiary/aromatic N) is 1. The third kappa shape index (κ3) is 3.34. The van der Waals surface area contributed by atoms with Crippen molar-refractivity contribution in [3.8, 4) is 0 Å². The van der Waals surface area contributed by atoms with Crippen LogP contribution in [-0.4, -0.2) is 31.1 Å². The molecule has 100 valence electrons. The van der Waals surface area contributed by atoms with Crippen LogP contribution in [0, 0.1) is 0 Å². The third-order valence-electron chi connectivity index (χ3n) is 3.92. The van der Waals surface area contributed by atoms with E-state index in [0.717, 1.165) is 13.1 Å². The molecule has 0 spiro atoms. The maximum Gasteiger partial charge on any atom is 0.0205 e. The molecule has 19 heavy (non-hydrogen) atoms. The van der Waals surface area contributed by atoms with E-state index in [9.17, 15) is 0 Å². The van der Waals surface area contributed by atoms with Crippen molar-refractivity contribution in [1.29, 1.82) is 0 Å². The molecular weight excluding hydrogens is 232 g/mol. The summed E-state index contributed by atoms with van der Waals surface area (Å²) in [5.74, 6) is 0. The van der Waals surface area contributed by atoms with Gasteiger partial charge in [-0.15, -0.1) is 0 Å². The summed E-state index contributed by atoms with van der Waals surface area (Å²) in [4.78, 5) is 2.53. The van der Waals surface area contributed by atoms with Crippen LogP contribution in [0.25, 0.3) is 10.8 Å². The quantitative estimate of drug-likeness (QED) is 0.797. The topological polar surface area (TPSA) is 15.3 Å². The van der Waals surface area contributed by atoms with Crippen molar-refractivity contribution in [2.45, 2.75) is 19.4 Å². The number of hydrogen-bond acceptors (Lipinski definition) is 2. The summed E-state index contributed by atoms with van der Waals surface area (Å²) in [5.41, 5.74) is 1.38. The molecule has 2 nitrogen and oxygen atoms in total. The minimum Gasteiger partial charge on any atom is -0.313 e. The molecule has 2 aromatic carbocycles. The van der Waals surface area contributed by atoms with Crippen molar-refractivity contribution in [3.05, 3.63) is 48.0 Å². The molecule has 0 unspecified atom stereocenters. The minimum absolute atomic E-state index is 0.977. The molecule has 0 atom stereocenters. The lowest BCUT2D eigenvalue weighted by atomic mass is 10.1. The Balaban J connectivity index is 1.45. The van der Waals surface area contributed by atoms with Gasteiger partial charge in [0, 0.05) is 6.54 Å². The summed E-state index contributed by atoms with van der Waals surface area (Å²) < 4.78 is 0. The van der Waals surface area contributed by atoms with Gasteiger partial charge in [0.15, 0.2) is 0 Å². The van der Waals surface area contributed by atoms with Crippen LogP contribution in [0.15, 0.2) is 42.5 Å². The molecule has 1 aliphatic rings. The van der Waals surface area contributed by atoms with Gasteiger partial charge in [0.25, 0.3) is 0 Å². The Kier molecular flexibility index (Phi) is 4.11. The van der Waals surface area contributed by atoms with Crippen molar-refractivity contribution in [1.82, 2.24) is 10.2 Å². The molecule has 1 aliphatic heterocycles. The highest BCUT2D eigenvalue weighted by Crippen LogP contribution is 2.15. The Labute approximate surface area is 115 Å². The fraction of sp³-hybridized carbons (Fsp3) is 0.412. The maximum absolute atomic E-state index is 3.54. The van der Waals surface area contributed by atoms with Gasteiger partial charge in [-0.3, -0.25) is 0 Å². The number of fused-ring (bicyclic) bond motifs is 1. The first-order chi connectivity index (χ1) is 9.42. The van der Waals surface area contributed by atoms with Crippen molar-refractivity contribution >= 4 is 10.8 Å². The van der Waals surface area contributed by atoms with Gasteiger partial charge in [0.05, 0.1) is 0 Å². The van der Waals surface area contributed by atoms with E-state index in [4.69, 9.17) is 0 Å². The van der Waals surface area contributed by atoms with Gasteiger partial charge in [-0.1, -0.05) is 36.4 Å². The molecule has 1 heterocycles. The van der Waals surface area contributed by atoms with E-state index in [-0.39, 0.29) is 0 Å². The summed E-state index contributed by atoms with van der Waals surface area (Å²) in [6, 6.07) is 15.3. The summed E-state index contributed by atoms with van der Waals surface area (Å²) in [7, 11) is 0. The Morgan fingerprint density at radius 2 is 1.84 bits per heavy atom. The van der Waals surface area contributed by atoms with Crippen molar-refractivity contribution < 1.29 is 0 Å². The van der Waals surface area contributed by atoms with Crippen LogP contribution in [0.2, 0.25) is 0 Å². The summed E-state index contributed by atoms with van der Waals surface area (Å²) in [6.07, 6.45) is 2.65. The SMILES string of the molecule is c1ccc2cc(CNCCCN3CCC3)ccc2c1. The lowest BCUT2D eigenvalue weighted by molar-refractivity contribution is 0.179. The van der Waals surface area contributed by atoms with Crippen LogP contribution in [0.4, 0.5) is 0 Å². The number of benzene rings is 2. The van der Waals surface area contributed by atoms with Gasteiger partial charge in [0.2, 0.25) is 0 Å². The number of nitrogens with one attached hydrogen (secondary N) is 1. The van der Waals surface area contributed by atoms with Crippen LogP contribution < -0.4 is 5.32 Å². The molecular formula is C17H22N2. The summed E-state index contributed by atoms with van der Waals surface area (Å²) >= 11 is 0. The van der Waals surface area contributed by atoms with Crippen LogP contribution in [0.3, 0.4) is 0 Å². The zero-order chi connectivity index (χ0) is 12.9. The zero-order valence-electron chi connectivity index (χ0n) is 11.4. The first-order valence-electron chi connectivity index (χ1n) is 7.32. The van der Waals surface area contributed by atoms with Gasteiger partial charge in [-0.2, -0.15) is 0 Å². The van der Waals surface area contributed by atoms with E-state index in [2.05, 4.69) is 52.7 Å². The van der Waals surface area contributed by atoms with Gasteiger partial charge >= 0.3 is 0 Å². The van der Waals surface area contributed by atoms with Crippen molar-refractivity contribution in [3.63, 3.8) is 0 Å². The number of hydrogen-bond donors (Lipinski definition) is 1. The first-order valence-corrected chi connectivity index (χ1v) is 7.32. The van der Waals surface area contributed by atoms with Crippen LogP contribution in [0.5, 0.6) is 0 Å². The first kappa shape index (κ1) is 12.6. The molecule has 0 aliphatic carbocycles.